The monoisotopic (exact) mass is 854 g/mol. The van der Waals surface area contributed by atoms with Crippen molar-refractivity contribution in [3.63, 3.8) is 0 Å². The molecule has 0 saturated carbocycles. The molecule has 0 bridgehead atoms. The minimum atomic E-state index is -1.67. The van der Waals surface area contributed by atoms with Gasteiger partial charge in [0.25, 0.3) is 0 Å². The number of carbonyl (C=O) groups is 1. The van der Waals surface area contributed by atoms with Gasteiger partial charge in [0.2, 0.25) is 5.91 Å². The molecule has 1 heterocycles. The van der Waals surface area contributed by atoms with Gasteiger partial charge in [-0.05, 0) is 77.0 Å². The van der Waals surface area contributed by atoms with Gasteiger partial charge in [0.05, 0.1) is 25.4 Å². The van der Waals surface area contributed by atoms with Crippen LogP contribution < -0.4 is 5.32 Å². The molecule has 11 nitrogen and oxygen atoms in total. The Morgan fingerprint density at radius 1 is 0.567 bits per heavy atom. The highest BCUT2D eigenvalue weighted by Crippen LogP contribution is 2.23. The van der Waals surface area contributed by atoms with Crippen molar-refractivity contribution in [2.45, 2.75) is 255 Å². The first kappa shape index (κ1) is 56.3. The van der Waals surface area contributed by atoms with E-state index in [-0.39, 0.29) is 12.8 Å². The van der Waals surface area contributed by atoms with E-state index < -0.39 is 74.2 Å². The first-order valence-corrected chi connectivity index (χ1v) is 24.4. The van der Waals surface area contributed by atoms with E-state index in [2.05, 4.69) is 55.6 Å². The molecule has 0 aromatic carbocycles. The van der Waals surface area contributed by atoms with Crippen LogP contribution in [0.1, 0.15) is 200 Å². The molecule has 1 aliphatic rings. The third-order valence-corrected chi connectivity index (χ3v) is 11.6. The molecular formula is C49H91NO10. The number of ether oxygens (including phenoxy) is 2. The van der Waals surface area contributed by atoms with Crippen LogP contribution in [0.2, 0.25) is 0 Å². The van der Waals surface area contributed by atoms with Gasteiger partial charge in [-0.2, -0.15) is 0 Å². The number of aliphatic hydroxyl groups is 7. The SMILES string of the molecule is CCCCCCCC/C=C\CCCCCCCCC(O)C(=O)NC(COC1OC(CO)C(O)C(O)C1O)C(O)C(O)CCC/C=C/CC/C=C/CCCCCCCCCC. The van der Waals surface area contributed by atoms with Crippen LogP contribution in [0.25, 0.3) is 0 Å². The fraction of sp³-hybridized carbons (Fsp3) is 0.857. The molecule has 0 radical (unpaired) electrons. The van der Waals surface area contributed by atoms with Gasteiger partial charge in [-0.15, -0.1) is 0 Å². The molecule has 1 fully saturated rings. The minimum Gasteiger partial charge on any atom is -0.394 e. The Balaban J connectivity index is 2.47. The number of nitrogens with one attached hydrogen (secondary N) is 1. The van der Waals surface area contributed by atoms with Gasteiger partial charge in [-0.1, -0.05) is 159 Å². The summed E-state index contributed by atoms with van der Waals surface area (Å²) in [5.74, 6) is -0.716. The lowest BCUT2D eigenvalue weighted by atomic mass is 9.98. The molecule has 8 N–H and O–H groups in total. The number of hydrogen-bond donors (Lipinski definition) is 8. The number of unbranched alkanes of at least 4 members (excludes halogenated alkanes) is 22. The Kier molecular flexibility index (Phi) is 36.6. The van der Waals surface area contributed by atoms with Crippen LogP contribution in [0.4, 0.5) is 0 Å². The highest BCUT2D eigenvalue weighted by molar-refractivity contribution is 5.80. The zero-order chi connectivity index (χ0) is 44.1. The maximum absolute atomic E-state index is 13.1. The van der Waals surface area contributed by atoms with Crippen molar-refractivity contribution in [1.29, 1.82) is 0 Å². The molecule has 1 saturated heterocycles. The zero-order valence-electron chi connectivity index (χ0n) is 37.9. The lowest BCUT2D eigenvalue weighted by molar-refractivity contribution is -0.303. The highest BCUT2D eigenvalue weighted by atomic mass is 16.7. The second-order valence-electron chi connectivity index (χ2n) is 17.2. The summed E-state index contributed by atoms with van der Waals surface area (Å²) in [5, 5.41) is 75.7. The number of amides is 1. The summed E-state index contributed by atoms with van der Waals surface area (Å²) in [6, 6.07) is -1.19. The molecule has 1 amide bonds. The zero-order valence-corrected chi connectivity index (χ0v) is 37.9. The van der Waals surface area contributed by atoms with E-state index in [0.29, 0.717) is 19.3 Å². The van der Waals surface area contributed by atoms with Crippen molar-refractivity contribution in [1.82, 2.24) is 5.32 Å². The van der Waals surface area contributed by atoms with Gasteiger partial charge in [0.15, 0.2) is 6.29 Å². The predicted molar refractivity (Wildman–Crippen MR) is 242 cm³/mol. The molecule has 60 heavy (non-hydrogen) atoms. The van der Waals surface area contributed by atoms with Crippen LogP contribution in [0.15, 0.2) is 36.5 Å². The van der Waals surface area contributed by atoms with Crippen LogP contribution in [0.5, 0.6) is 0 Å². The van der Waals surface area contributed by atoms with Gasteiger partial charge in [0, 0.05) is 0 Å². The molecule has 0 aliphatic carbocycles. The van der Waals surface area contributed by atoms with Crippen LogP contribution in [0, 0.1) is 0 Å². The Morgan fingerprint density at radius 2 is 1.00 bits per heavy atom. The summed E-state index contributed by atoms with van der Waals surface area (Å²) in [6.07, 6.45) is 33.3. The molecule has 1 rings (SSSR count). The smallest absolute Gasteiger partial charge is 0.249 e. The fourth-order valence-electron chi connectivity index (χ4n) is 7.57. The first-order valence-electron chi connectivity index (χ1n) is 24.4. The van der Waals surface area contributed by atoms with E-state index in [4.69, 9.17) is 9.47 Å². The molecule has 9 unspecified atom stereocenters. The number of aliphatic hydroxyl groups excluding tert-OH is 7. The molecular weight excluding hydrogens is 763 g/mol. The van der Waals surface area contributed by atoms with E-state index >= 15 is 0 Å². The van der Waals surface area contributed by atoms with E-state index in [0.717, 1.165) is 57.8 Å². The van der Waals surface area contributed by atoms with E-state index in [1.54, 1.807) is 0 Å². The number of rotatable bonds is 40. The Bertz CT molecular complexity index is 1070. The molecule has 0 spiro atoms. The molecule has 0 aromatic rings. The first-order chi connectivity index (χ1) is 29.2. The molecule has 0 aromatic heterocycles. The highest BCUT2D eigenvalue weighted by Gasteiger charge is 2.44. The van der Waals surface area contributed by atoms with Gasteiger partial charge in [-0.25, -0.2) is 0 Å². The second kappa shape index (κ2) is 39.0. The standard InChI is InChI=1S/C49H91NO10/c1-3-5-7-9-11-13-15-17-19-21-23-24-26-28-30-32-34-36-41(52)44(54)40(39-59-49-47(57)46(56)45(55)43(38-51)60-49)50-48(58)42(53)37-35-33-31-29-27-25-22-20-18-16-14-12-10-8-6-4-2/h18,20-21,23,28,30,40-47,49,51-57H,3-17,19,22,24-27,29,31-39H2,1-2H3,(H,50,58)/b20-18-,23-21+,30-28+. The van der Waals surface area contributed by atoms with E-state index in [1.807, 2.05) is 0 Å². The summed E-state index contributed by atoms with van der Waals surface area (Å²) < 4.78 is 11.1. The normalized spacial score (nSPS) is 21.9. The van der Waals surface area contributed by atoms with Crippen molar-refractivity contribution < 1.29 is 50.0 Å². The van der Waals surface area contributed by atoms with E-state index in [1.165, 1.54) is 96.3 Å². The summed E-state index contributed by atoms with van der Waals surface area (Å²) in [6.45, 7) is 3.41. The Labute approximate surface area is 365 Å². The van der Waals surface area contributed by atoms with Crippen molar-refractivity contribution in [3.05, 3.63) is 36.5 Å². The Hall–Kier alpha value is -1.67. The maximum atomic E-state index is 13.1. The molecule has 1 aliphatic heterocycles. The summed E-state index contributed by atoms with van der Waals surface area (Å²) in [7, 11) is 0. The largest absolute Gasteiger partial charge is 0.394 e. The third-order valence-electron chi connectivity index (χ3n) is 11.6. The van der Waals surface area contributed by atoms with Crippen LogP contribution in [-0.4, -0.2) is 110 Å². The molecule has 352 valence electrons. The number of carbonyl (C=O) groups excluding carboxylic acids is 1. The van der Waals surface area contributed by atoms with Gasteiger partial charge in [-0.3, -0.25) is 4.79 Å². The van der Waals surface area contributed by atoms with Crippen LogP contribution in [-0.2, 0) is 14.3 Å². The third kappa shape index (κ3) is 28.1. The average molecular weight is 854 g/mol. The minimum absolute atomic E-state index is 0.243. The molecule has 11 heteroatoms. The second-order valence-corrected chi connectivity index (χ2v) is 17.2. The number of allylic oxidation sites excluding steroid dienone is 6. The Morgan fingerprint density at radius 3 is 1.48 bits per heavy atom. The lowest BCUT2D eigenvalue weighted by Gasteiger charge is -2.40. The summed E-state index contributed by atoms with van der Waals surface area (Å²) in [4.78, 5) is 13.1. The van der Waals surface area contributed by atoms with Crippen LogP contribution in [0.3, 0.4) is 0 Å². The summed E-state index contributed by atoms with van der Waals surface area (Å²) >= 11 is 0. The number of hydrogen-bond acceptors (Lipinski definition) is 10. The van der Waals surface area contributed by atoms with Gasteiger partial charge >= 0.3 is 0 Å². The summed E-state index contributed by atoms with van der Waals surface area (Å²) in [5.41, 5.74) is 0. The van der Waals surface area contributed by atoms with Gasteiger partial charge < -0.3 is 50.5 Å². The maximum Gasteiger partial charge on any atom is 0.249 e. The quantitative estimate of drug-likeness (QED) is 0.0220. The predicted octanol–water partition coefficient (Wildman–Crippen LogP) is 8.39. The van der Waals surface area contributed by atoms with Crippen molar-refractivity contribution >= 4 is 5.91 Å². The van der Waals surface area contributed by atoms with Crippen molar-refractivity contribution in [2.75, 3.05) is 13.2 Å². The topological polar surface area (TPSA) is 189 Å². The van der Waals surface area contributed by atoms with E-state index in [9.17, 15) is 40.5 Å². The molecule has 9 atom stereocenters. The van der Waals surface area contributed by atoms with Gasteiger partial charge in [0.1, 0.15) is 36.6 Å². The van der Waals surface area contributed by atoms with Crippen LogP contribution >= 0.6 is 0 Å². The van der Waals surface area contributed by atoms with Crippen molar-refractivity contribution in [3.8, 4) is 0 Å². The van der Waals surface area contributed by atoms with Crippen molar-refractivity contribution in [2.24, 2.45) is 0 Å². The average Bonchev–Trinajstić information content (AvgIpc) is 3.25. The fourth-order valence-corrected chi connectivity index (χ4v) is 7.57. The lowest BCUT2D eigenvalue weighted by Crippen LogP contribution is -2.60.